The summed E-state index contributed by atoms with van der Waals surface area (Å²) in [6, 6.07) is 4.17. The third-order valence-electron chi connectivity index (χ3n) is 2.04. The molecule has 0 radical (unpaired) electrons. The van der Waals surface area contributed by atoms with Crippen LogP contribution in [0.25, 0.3) is 0 Å². The Kier molecular flexibility index (Phi) is 1.67. The Morgan fingerprint density at radius 2 is 2.38 bits per heavy atom. The van der Waals surface area contributed by atoms with Crippen LogP contribution in [0.2, 0.25) is 0 Å². The van der Waals surface area contributed by atoms with Crippen molar-refractivity contribution in [1.82, 2.24) is 0 Å². The lowest BCUT2D eigenvalue weighted by molar-refractivity contribution is 0.332. The largest absolute Gasteiger partial charge is 0.491 e. The van der Waals surface area contributed by atoms with Gasteiger partial charge in [0.2, 0.25) is 0 Å². The van der Waals surface area contributed by atoms with Gasteiger partial charge in [-0.15, -0.1) is 0 Å². The lowest BCUT2D eigenvalue weighted by atomic mass is 10.1. The number of hydrogen-bond donors (Lipinski definition) is 1. The predicted molar refractivity (Wildman–Crippen MR) is 43.5 cm³/mol. The van der Waals surface area contributed by atoms with E-state index in [0.29, 0.717) is 17.9 Å². The van der Waals surface area contributed by atoms with Gasteiger partial charge in [0.25, 0.3) is 0 Å². The minimum Gasteiger partial charge on any atom is -0.491 e. The fourth-order valence-electron chi connectivity index (χ4n) is 1.34. The number of nitrogens with two attached hydrogens (primary N) is 1. The first-order valence-corrected chi connectivity index (χ1v) is 3.84. The molecule has 1 aliphatic heterocycles. The summed E-state index contributed by atoms with van der Waals surface area (Å²) in [6.07, 6.45) is 0. The molecular formula is C9H7FN2O. The van der Waals surface area contributed by atoms with Crippen molar-refractivity contribution in [2.75, 3.05) is 6.61 Å². The first-order valence-electron chi connectivity index (χ1n) is 3.84. The zero-order valence-corrected chi connectivity index (χ0v) is 6.75. The number of benzene rings is 1. The first kappa shape index (κ1) is 8.02. The molecule has 4 heteroatoms. The number of fused-ring (bicyclic) bond motifs is 1. The van der Waals surface area contributed by atoms with E-state index in [1.54, 1.807) is 6.07 Å². The average Bonchev–Trinajstić information content (AvgIpc) is 2.46. The summed E-state index contributed by atoms with van der Waals surface area (Å²) in [7, 11) is 0. The lowest BCUT2D eigenvalue weighted by Gasteiger charge is -2.01. The molecule has 1 aromatic carbocycles. The Morgan fingerprint density at radius 1 is 1.62 bits per heavy atom. The molecule has 0 aromatic heterocycles. The normalized spacial score (nSPS) is 19.0. The summed E-state index contributed by atoms with van der Waals surface area (Å²) in [4.78, 5) is 0. The fraction of sp³-hybridized carbons (Fsp3) is 0.222. The molecule has 2 rings (SSSR count). The van der Waals surface area contributed by atoms with E-state index in [9.17, 15) is 4.39 Å². The second-order valence-electron chi connectivity index (χ2n) is 2.90. The van der Waals surface area contributed by atoms with Gasteiger partial charge in [-0.1, -0.05) is 0 Å². The zero-order valence-electron chi connectivity index (χ0n) is 6.75. The summed E-state index contributed by atoms with van der Waals surface area (Å²) < 4.78 is 18.1. The van der Waals surface area contributed by atoms with E-state index in [2.05, 4.69) is 0 Å². The standard InChI is InChI=1S/C9H7FN2O/c10-7-2-9-6(1-5(7)3-11)8(12)4-13-9/h1-2,8H,4,12H2/t8-/m0/s1. The van der Waals surface area contributed by atoms with E-state index in [1.807, 2.05) is 0 Å². The Morgan fingerprint density at radius 3 is 3.08 bits per heavy atom. The van der Waals surface area contributed by atoms with Crippen LogP contribution in [0.15, 0.2) is 12.1 Å². The van der Waals surface area contributed by atoms with Crippen LogP contribution in [0.4, 0.5) is 4.39 Å². The lowest BCUT2D eigenvalue weighted by Crippen LogP contribution is -2.10. The van der Waals surface area contributed by atoms with Crippen LogP contribution >= 0.6 is 0 Å². The van der Waals surface area contributed by atoms with Crippen LogP contribution in [0.1, 0.15) is 17.2 Å². The van der Waals surface area contributed by atoms with Crippen molar-refractivity contribution in [3.05, 3.63) is 29.1 Å². The highest BCUT2D eigenvalue weighted by molar-refractivity contribution is 5.46. The molecular weight excluding hydrogens is 171 g/mol. The molecule has 2 N–H and O–H groups in total. The summed E-state index contributed by atoms with van der Waals surface area (Å²) in [5.41, 5.74) is 6.38. The monoisotopic (exact) mass is 178 g/mol. The van der Waals surface area contributed by atoms with Gasteiger partial charge in [0.15, 0.2) is 0 Å². The number of ether oxygens (including phenoxy) is 1. The van der Waals surface area contributed by atoms with Crippen LogP contribution in [-0.2, 0) is 0 Å². The minimum atomic E-state index is -0.560. The summed E-state index contributed by atoms with van der Waals surface area (Å²) in [6.45, 7) is 0.351. The molecule has 1 atom stereocenters. The summed E-state index contributed by atoms with van der Waals surface area (Å²) in [5, 5.41) is 8.56. The highest BCUT2D eigenvalue weighted by Crippen LogP contribution is 2.32. The number of nitriles is 1. The summed E-state index contributed by atoms with van der Waals surface area (Å²) in [5.74, 6) is -0.112. The predicted octanol–water partition coefficient (Wildman–Crippen LogP) is 1.09. The molecule has 0 unspecified atom stereocenters. The van der Waals surface area contributed by atoms with Gasteiger partial charge in [-0.05, 0) is 6.07 Å². The quantitative estimate of drug-likeness (QED) is 0.646. The molecule has 0 spiro atoms. The van der Waals surface area contributed by atoms with Crippen molar-refractivity contribution in [3.8, 4) is 11.8 Å². The molecule has 0 amide bonds. The van der Waals surface area contributed by atoms with Gasteiger partial charge in [-0.3, -0.25) is 0 Å². The average molecular weight is 178 g/mol. The number of halogens is 1. The SMILES string of the molecule is N#Cc1cc2c(cc1F)OC[C@@H]2N. The van der Waals surface area contributed by atoms with Crippen molar-refractivity contribution < 1.29 is 9.13 Å². The van der Waals surface area contributed by atoms with Crippen molar-refractivity contribution in [3.63, 3.8) is 0 Å². The number of hydrogen-bond acceptors (Lipinski definition) is 3. The molecule has 3 nitrogen and oxygen atoms in total. The van der Waals surface area contributed by atoms with E-state index in [-0.39, 0.29) is 11.6 Å². The third kappa shape index (κ3) is 1.14. The topological polar surface area (TPSA) is 59.0 Å². The number of rotatable bonds is 0. The molecule has 13 heavy (non-hydrogen) atoms. The van der Waals surface area contributed by atoms with Crippen molar-refractivity contribution in [2.24, 2.45) is 5.73 Å². The van der Waals surface area contributed by atoms with Gasteiger partial charge in [0.05, 0.1) is 11.6 Å². The van der Waals surface area contributed by atoms with Gasteiger partial charge < -0.3 is 10.5 Å². The van der Waals surface area contributed by atoms with Gasteiger partial charge in [-0.25, -0.2) is 4.39 Å². The molecule has 0 aliphatic carbocycles. The molecule has 0 bridgehead atoms. The Labute approximate surface area is 74.5 Å². The van der Waals surface area contributed by atoms with Gasteiger partial charge in [-0.2, -0.15) is 5.26 Å². The van der Waals surface area contributed by atoms with Crippen molar-refractivity contribution in [1.29, 1.82) is 5.26 Å². The van der Waals surface area contributed by atoms with Crippen LogP contribution < -0.4 is 10.5 Å². The van der Waals surface area contributed by atoms with Crippen LogP contribution in [0.5, 0.6) is 5.75 Å². The molecule has 0 saturated carbocycles. The highest BCUT2D eigenvalue weighted by Gasteiger charge is 2.22. The zero-order chi connectivity index (χ0) is 9.42. The molecule has 0 fully saturated rings. The van der Waals surface area contributed by atoms with E-state index >= 15 is 0 Å². The van der Waals surface area contributed by atoms with Crippen molar-refractivity contribution in [2.45, 2.75) is 6.04 Å². The second-order valence-corrected chi connectivity index (χ2v) is 2.90. The highest BCUT2D eigenvalue weighted by atomic mass is 19.1. The van der Waals surface area contributed by atoms with Crippen LogP contribution in [-0.4, -0.2) is 6.61 Å². The first-order chi connectivity index (χ1) is 6.22. The second kappa shape index (κ2) is 2.71. The summed E-state index contributed by atoms with van der Waals surface area (Å²) >= 11 is 0. The van der Waals surface area contributed by atoms with Gasteiger partial charge in [0, 0.05) is 11.6 Å². The maximum Gasteiger partial charge on any atom is 0.144 e. The van der Waals surface area contributed by atoms with E-state index in [1.165, 1.54) is 12.1 Å². The van der Waals surface area contributed by atoms with E-state index in [4.69, 9.17) is 15.7 Å². The molecule has 1 heterocycles. The molecule has 1 aliphatic rings. The van der Waals surface area contributed by atoms with Gasteiger partial charge in [0.1, 0.15) is 24.2 Å². The smallest absolute Gasteiger partial charge is 0.144 e. The number of nitrogens with zero attached hydrogens (tertiary/aromatic N) is 1. The maximum atomic E-state index is 13.0. The Hall–Kier alpha value is -1.60. The van der Waals surface area contributed by atoms with Crippen LogP contribution in [0.3, 0.4) is 0 Å². The molecule has 0 saturated heterocycles. The minimum absolute atomic E-state index is 0.0136. The Balaban J connectivity index is 2.59. The molecule has 1 aromatic rings. The fourth-order valence-corrected chi connectivity index (χ4v) is 1.34. The molecule has 66 valence electrons. The maximum absolute atomic E-state index is 13.0. The third-order valence-corrected chi connectivity index (χ3v) is 2.04. The van der Waals surface area contributed by atoms with Crippen LogP contribution in [0, 0.1) is 17.1 Å². The van der Waals surface area contributed by atoms with Gasteiger partial charge >= 0.3 is 0 Å². The van der Waals surface area contributed by atoms with E-state index < -0.39 is 5.82 Å². The van der Waals surface area contributed by atoms with E-state index in [0.717, 1.165) is 0 Å². The Bertz CT molecular complexity index is 397. The van der Waals surface area contributed by atoms with Crippen molar-refractivity contribution >= 4 is 0 Å².